The van der Waals surface area contributed by atoms with E-state index >= 15 is 0 Å². The third kappa shape index (κ3) is 6.23. The molecule has 1 saturated heterocycles. The van der Waals surface area contributed by atoms with Crippen molar-refractivity contribution < 1.29 is 14.3 Å². The van der Waals surface area contributed by atoms with Crippen molar-refractivity contribution in [3.8, 4) is 0 Å². The Morgan fingerprint density at radius 2 is 1.88 bits per heavy atom. The van der Waals surface area contributed by atoms with E-state index in [0.29, 0.717) is 30.0 Å². The van der Waals surface area contributed by atoms with Gasteiger partial charge in [0, 0.05) is 25.3 Å². The second-order valence-corrected chi connectivity index (χ2v) is 9.72. The van der Waals surface area contributed by atoms with Crippen molar-refractivity contribution in [2.24, 2.45) is 5.92 Å². The van der Waals surface area contributed by atoms with E-state index in [1.165, 1.54) is 11.8 Å². The Bertz CT molecular complexity index is 955. The molecule has 10 heteroatoms. The number of imide groups is 1. The molecule has 2 aromatic rings. The summed E-state index contributed by atoms with van der Waals surface area (Å²) in [5.41, 5.74) is 2.72. The number of aromatic nitrogens is 3. The van der Waals surface area contributed by atoms with Crippen molar-refractivity contribution in [1.29, 1.82) is 0 Å². The van der Waals surface area contributed by atoms with Gasteiger partial charge in [-0.25, -0.2) is 4.79 Å². The topological polar surface area (TPSA) is 101 Å². The van der Waals surface area contributed by atoms with Crippen LogP contribution in [0.5, 0.6) is 0 Å². The summed E-state index contributed by atoms with van der Waals surface area (Å²) in [6, 6.07) is 5.17. The third-order valence-corrected chi connectivity index (χ3v) is 6.14. The minimum absolute atomic E-state index is 0.385. The van der Waals surface area contributed by atoms with Crippen LogP contribution in [0.15, 0.2) is 23.4 Å². The Morgan fingerprint density at radius 1 is 1.16 bits per heavy atom. The number of rotatable bonds is 7. The van der Waals surface area contributed by atoms with Crippen LogP contribution in [0.3, 0.4) is 0 Å². The van der Waals surface area contributed by atoms with Crippen LogP contribution in [0.25, 0.3) is 0 Å². The summed E-state index contributed by atoms with van der Waals surface area (Å²) in [5, 5.41) is 14.0. The van der Waals surface area contributed by atoms with E-state index in [-0.39, 0.29) is 5.91 Å². The predicted molar refractivity (Wildman–Crippen MR) is 126 cm³/mol. The fourth-order valence-corrected chi connectivity index (χ4v) is 4.28. The van der Waals surface area contributed by atoms with Gasteiger partial charge in [0.25, 0.3) is 0 Å². The molecule has 1 aliphatic rings. The first-order chi connectivity index (χ1) is 15.2. The molecule has 0 spiro atoms. The summed E-state index contributed by atoms with van der Waals surface area (Å²) in [5.74, 6) is 0.798. The quantitative estimate of drug-likeness (QED) is 0.612. The molecule has 1 aliphatic heterocycles. The molecule has 174 valence electrons. The second kappa shape index (κ2) is 10.8. The molecule has 0 aliphatic carbocycles. The summed E-state index contributed by atoms with van der Waals surface area (Å²) in [4.78, 5) is 27.1. The van der Waals surface area contributed by atoms with Gasteiger partial charge in [0.2, 0.25) is 11.9 Å². The molecule has 0 bridgehead atoms. The molecule has 32 heavy (non-hydrogen) atoms. The molecular weight excluding hydrogens is 428 g/mol. The van der Waals surface area contributed by atoms with Crippen LogP contribution in [0.4, 0.5) is 16.4 Å². The van der Waals surface area contributed by atoms with Gasteiger partial charge in [-0.1, -0.05) is 43.3 Å². The molecule has 0 radical (unpaired) electrons. The van der Waals surface area contributed by atoms with Crippen molar-refractivity contribution in [3.05, 3.63) is 29.3 Å². The molecule has 1 fully saturated rings. The van der Waals surface area contributed by atoms with E-state index < -0.39 is 11.3 Å². The van der Waals surface area contributed by atoms with Gasteiger partial charge in [-0.3, -0.25) is 14.7 Å². The SMILES string of the molecule is Cc1ccc(NC(=O)NC(=O)C(C)Sc2nnc(N3CCOCC3)n2CC(C)C)c(C)c1. The van der Waals surface area contributed by atoms with Crippen LogP contribution in [0.1, 0.15) is 31.9 Å². The minimum Gasteiger partial charge on any atom is -0.378 e. The van der Waals surface area contributed by atoms with Crippen LogP contribution in [-0.2, 0) is 16.1 Å². The number of urea groups is 1. The van der Waals surface area contributed by atoms with Gasteiger partial charge >= 0.3 is 6.03 Å². The number of hydrogen-bond donors (Lipinski definition) is 2. The first kappa shape index (κ1) is 24.1. The first-order valence-corrected chi connectivity index (χ1v) is 11.7. The maximum atomic E-state index is 12.7. The number of carbonyl (C=O) groups is 2. The molecule has 3 rings (SSSR count). The number of aryl methyl sites for hydroxylation is 2. The predicted octanol–water partition coefficient (Wildman–Crippen LogP) is 3.22. The number of carbonyl (C=O) groups excluding carboxylic acids is 2. The van der Waals surface area contributed by atoms with Gasteiger partial charge in [0.15, 0.2) is 5.16 Å². The summed E-state index contributed by atoms with van der Waals surface area (Å²) in [6.45, 7) is 13.5. The van der Waals surface area contributed by atoms with Crippen LogP contribution < -0.4 is 15.5 Å². The highest BCUT2D eigenvalue weighted by atomic mass is 32.2. The van der Waals surface area contributed by atoms with Gasteiger partial charge in [0.05, 0.1) is 18.5 Å². The van der Waals surface area contributed by atoms with E-state index in [1.54, 1.807) is 6.92 Å². The lowest BCUT2D eigenvalue weighted by atomic mass is 10.1. The highest BCUT2D eigenvalue weighted by Gasteiger charge is 2.25. The van der Waals surface area contributed by atoms with E-state index in [2.05, 4.69) is 44.1 Å². The van der Waals surface area contributed by atoms with Gasteiger partial charge in [-0.15, -0.1) is 10.2 Å². The number of benzene rings is 1. The van der Waals surface area contributed by atoms with E-state index in [1.807, 2.05) is 32.0 Å². The molecule has 2 N–H and O–H groups in total. The number of ether oxygens (including phenoxy) is 1. The van der Waals surface area contributed by atoms with Crippen molar-refractivity contribution in [3.63, 3.8) is 0 Å². The Labute approximate surface area is 193 Å². The lowest BCUT2D eigenvalue weighted by molar-refractivity contribution is -0.119. The highest BCUT2D eigenvalue weighted by molar-refractivity contribution is 8.00. The number of thioether (sulfide) groups is 1. The number of anilines is 2. The zero-order chi connectivity index (χ0) is 23.3. The zero-order valence-electron chi connectivity index (χ0n) is 19.3. The summed E-state index contributed by atoms with van der Waals surface area (Å²) in [7, 11) is 0. The molecule has 2 heterocycles. The molecule has 1 aromatic heterocycles. The molecule has 1 aromatic carbocycles. The summed E-state index contributed by atoms with van der Waals surface area (Å²) < 4.78 is 7.50. The number of hydrogen-bond acceptors (Lipinski definition) is 7. The lowest BCUT2D eigenvalue weighted by Gasteiger charge is -2.28. The van der Waals surface area contributed by atoms with Crippen molar-refractivity contribution in [2.45, 2.75) is 51.6 Å². The van der Waals surface area contributed by atoms with E-state index in [9.17, 15) is 9.59 Å². The molecule has 9 nitrogen and oxygen atoms in total. The standard InChI is InChI=1S/C22H32N6O3S/c1-14(2)13-28-21(27-8-10-31-11-9-27)25-26-22(28)32-17(5)19(29)24-20(30)23-18-7-6-15(3)12-16(18)4/h6-7,12,14,17H,8-11,13H2,1-5H3,(H2,23,24,29,30). The fraction of sp³-hybridized carbons (Fsp3) is 0.545. The molecule has 1 atom stereocenters. The van der Waals surface area contributed by atoms with Crippen LogP contribution in [-0.4, -0.2) is 58.3 Å². The largest absolute Gasteiger partial charge is 0.378 e. The fourth-order valence-electron chi connectivity index (χ4n) is 3.42. The molecule has 0 saturated carbocycles. The smallest absolute Gasteiger partial charge is 0.325 e. The number of amides is 3. The van der Waals surface area contributed by atoms with Gasteiger partial charge in [0.1, 0.15) is 0 Å². The molecular formula is C22H32N6O3S. The zero-order valence-corrected chi connectivity index (χ0v) is 20.2. The van der Waals surface area contributed by atoms with Crippen LogP contribution >= 0.6 is 11.8 Å². The number of nitrogens with one attached hydrogen (secondary N) is 2. The lowest BCUT2D eigenvalue weighted by Crippen LogP contribution is -2.39. The Hall–Kier alpha value is -2.59. The Balaban J connectivity index is 1.64. The third-order valence-electron chi connectivity index (χ3n) is 5.06. The Morgan fingerprint density at radius 3 is 2.53 bits per heavy atom. The van der Waals surface area contributed by atoms with Gasteiger partial charge in [-0.05, 0) is 38.3 Å². The van der Waals surface area contributed by atoms with Crippen molar-refractivity contribution in [2.75, 3.05) is 36.5 Å². The summed E-state index contributed by atoms with van der Waals surface area (Å²) in [6.07, 6.45) is 0. The molecule has 3 amide bonds. The van der Waals surface area contributed by atoms with Gasteiger partial charge < -0.3 is 15.0 Å². The molecule has 1 unspecified atom stereocenters. The average molecular weight is 461 g/mol. The van der Waals surface area contributed by atoms with Gasteiger partial charge in [-0.2, -0.15) is 0 Å². The van der Waals surface area contributed by atoms with Crippen LogP contribution in [0.2, 0.25) is 0 Å². The maximum Gasteiger partial charge on any atom is 0.325 e. The average Bonchev–Trinajstić information content (AvgIpc) is 3.12. The first-order valence-electron chi connectivity index (χ1n) is 10.9. The number of nitrogens with zero attached hydrogens (tertiary/aromatic N) is 4. The van der Waals surface area contributed by atoms with E-state index in [0.717, 1.165) is 36.7 Å². The Kier molecular flexibility index (Phi) is 8.14. The van der Waals surface area contributed by atoms with Crippen molar-refractivity contribution >= 4 is 35.3 Å². The highest BCUT2D eigenvalue weighted by Crippen LogP contribution is 2.27. The monoisotopic (exact) mass is 460 g/mol. The maximum absolute atomic E-state index is 12.7. The van der Waals surface area contributed by atoms with E-state index in [4.69, 9.17) is 4.74 Å². The minimum atomic E-state index is -0.549. The summed E-state index contributed by atoms with van der Waals surface area (Å²) >= 11 is 1.30. The van der Waals surface area contributed by atoms with Crippen molar-refractivity contribution in [1.82, 2.24) is 20.1 Å². The second-order valence-electron chi connectivity index (χ2n) is 8.41. The normalized spacial score (nSPS) is 15.0. The number of morpholine rings is 1. The van der Waals surface area contributed by atoms with Crippen LogP contribution in [0, 0.1) is 19.8 Å².